The SMILES string of the molecule is C=CC1=C(c2c(C)ccc3oc4ccccc4c23)c2ccc(-c3ccc(-c4c5ccccc5c(-c5ccc6ccccc6c5)c5ccccc45)cc3)cc2C1(C)C. The standard InChI is InChI=1S/C56H40O/c1-5-47-54(51-34(2)22-31-50-55(51)46-20-12-13-21-49(46)57-50)45-30-29-39(33-48(45)56(47,3)4)36-23-26-37(27-24-36)52-41-16-8-10-18-43(41)53(44-19-11-9-17-42(44)52)40-28-25-35-14-6-7-15-38(35)32-40/h5-33H,1H2,2-4H3. The van der Waals surface area contributed by atoms with Crippen LogP contribution >= 0.6 is 0 Å². The van der Waals surface area contributed by atoms with Gasteiger partial charge in [0.15, 0.2) is 0 Å². The summed E-state index contributed by atoms with van der Waals surface area (Å²) < 4.78 is 6.37. The smallest absolute Gasteiger partial charge is 0.136 e. The lowest BCUT2D eigenvalue weighted by Crippen LogP contribution is -2.16. The summed E-state index contributed by atoms with van der Waals surface area (Å²) in [6, 6.07) is 62.2. The van der Waals surface area contributed by atoms with Gasteiger partial charge < -0.3 is 4.42 Å². The summed E-state index contributed by atoms with van der Waals surface area (Å²) in [5.41, 5.74) is 16.6. The monoisotopic (exact) mass is 728 g/mol. The summed E-state index contributed by atoms with van der Waals surface area (Å²) in [7, 11) is 0. The molecule has 1 aliphatic carbocycles. The molecule has 270 valence electrons. The molecule has 1 heterocycles. The summed E-state index contributed by atoms with van der Waals surface area (Å²) in [5.74, 6) is 0. The largest absolute Gasteiger partial charge is 0.456 e. The molecule has 0 saturated carbocycles. The fourth-order valence-corrected chi connectivity index (χ4v) is 9.86. The van der Waals surface area contributed by atoms with Crippen molar-refractivity contribution in [2.24, 2.45) is 0 Å². The Kier molecular flexibility index (Phi) is 7.34. The van der Waals surface area contributed by atoms with Gasteiger partial charge in [-0.15, -0.1) is 0 Å². The van der Waals surface area contributed by atoms with Crippen LogP contribution in [0, 0.1) is 6.92 Å². The molecule has 0 bridgehead atoms. The topological polar surface area (TPSA) is 13.1 Å². The zero-order valence-electron chi connectivity index (χ0n) is 32.4. The minimum atomic E-state index is -0.235. The highest BCUT2D eigenvalue weighted by Crippen LogP contribution is 2.53. The number of rotatable bonds is 5. The predicted molar refractivity (Wildman–Crippen MR) is 243 cm³/mol. The molecule has 0 fully saturated rings. The van der Waals surface area contributed by atoms with Crippen molar-refractivity contribution in [1.29, 1.82) is 0 Å². The van der Waals surface area contributed by atoms with Crippen molar-refractivity contribution in [3.05, 3.63) is 210 Å². The Labute approximate surface area is 332 Å². The minimum Gasteiger partial charge on any atom is -0.456 e. The van der Waals surface area contributed by atoms with Gasteiger partial charge in [-0.1, -0.05) is 172 Å². The lowest BCUT2D eigenvalue weighted by Gasteiger charge is -2.23. The lowest BCUT2D eigenvalue weighted by molar-refractivity contribution is 0.654. The van der Waals surface area contributed by atoms with E-state index in [9.17, 15) is 0 Å². The van der Waals surface area contributed by atoms with E-state index < -0.39 is 0 Å². The molecule has 0 amide bonds. The third-order valence-corrected chi connectivity index (χ3v) is 12.6. The van der Waals surface area contributed by atoms with Gasteiger partial charge in [0, 0.05) is 16.2 Å². The fourth-order valence-electron chi connectivity index (χ4n) is 9.86. The van der Waals surface area contributed by atoms with Gasteiger partial charge in [-0.25, -0.2) is 0 Å². The van der Waals surface area contributed by atoms with Gasteiger partial charge in [-0.05, 0) is 130 Å². The molecule has 11 rings (SSSR count). The Balaban J connectivity index is 1.03. The summed E-state index contributed by atoms with van der Waals surface area (Å²) in [6.45, 7) is 11.3. The van der Waals surface area contributed by atoms with Crippen LogP contribution in [0.15, 0.2) is 193 Å². The third kappa shape index (κ3) is 4.95. The Morgan fingerprint density at radius 1 is 0.474 bits per heavy atom. The van der Waals surface area contributed by atoms with Crippen molar-refractivity contribution in [3.8, 4) is 33.4 Å². The highest BCUT2D eigenvalue weighted by Gasteiger charge is 2.38. The molecule has 0 radical (unpaired) electrons. The Morgan fingerprint density at radius 2 is 1.04 bits per heavy atom. The van der Waals surface area contributed by atoms with Gasteiger partial charge in [0.05, 0.1) is 0 Å². The number of allylic oxidation sites excluding steroid dienone is 2. The van der Waals surface area contributed by atoms with Crippen LogP contribution in [0.25, 0.3) is 93.2 Å². The summed E-state index contributed by atoms with van der Waals surface area (Å²) in [5, 5.41) is 9.89. The average Bonchev–Trinajstić information content (AvgIpc) is 3.73. The molecular formula is C56H40O. The van der Waals surface area contributed by atoms with Gasteiger partial charge >= 0.3 is 0 Å². The van der Waals surface area contributed by atoms with Crippen molar-refractivity contribution < 1.29 is 4.42 Å². The number of furan rings is 1. The van der Waals surface area contributed by atoms with Crippen LogP contribution < -0.4 is 0 Å². The quantitative estimate of drug-likeness (QED) is 0.161. The van der Waals surface area contributed by atoms with Gasteiger partial charge in [0.25, 0.3) is 0 Å². The highest BCUT2D eigenvalue weighted by molar-refractivity contribution is 6.22. The second kappa shape index (κ2) is 12.5. The van der Waals surface area contributed by atoms with Gasteiger partial charge in [0.2, 0.25) is 0 Å². The first-order valence-corrected chi connectivity index (χ1v) is 19.9. The van der Waals surface area contributed by atoms with E-state index in [1.165, 1.54) is 104 Å². The van der Waals surface area contributed by atoms with E-state index in [0.717, 1.165) is 16.6 Å². The zero-order chi connectivity index (χ0) is 38.4. The molecule has 0 saturated heterocycles. The van der Waals surface area contributed by atoms with E-state index in [4.69, 9.17) is 4.42 Å². The van der Waals surface area contributed by atoms with Crippen LogP contribution in [0.2, 0.25) is 0 Å². The van der Waals surface area contributed by atoms with Crippen molar-refractivity contribution in [2.45, 2.75) is 26.2 Å². The molecule has 0 N–H and O–H groups in total. The first kappa shape index (κ1) is 33.4. The maximum Gasteiger partial charge on any atom is 0.136 e. The highest BCUT2D eigenvalue weighted by atomic mass is 16.3. The summed E-state index contributed by atoms with van der Waals surface area (Å²) >= 11 is 0. The average molecular weight is 729 g/mol. The van der Waals surface area contributed by atoms with Crippen LogP contribution in [-0.4, -0.2) is 0 Å². The normalized spacial score (nSPS) is 13.7. The van der Waals surface area contributed by atoms with Gasteiger partial charge in [-0.3, -0.25) is 0 Å². The number of aryl methyl sites for hydroxylation is 1. The van der Waals surface area contributed by atoms with Crippen molar-refractivity contribution >= 4 is 59.8 Å². The number of fused-ring (bicyclic) bond motifs is 7. The van der Waals surface area contributed by atoms with Crippen LogP contribution in [0.5, 0.6) is 0 Å². The molecule has 0 spiro atoms. The van der Waals surface area contributed by atoms with E-state index in [1.54, 1.807) is 0 Å². The van der Waals surface area contributed by atoms with Gasteiger partial charge in [-0.2, -0.15) is 0 Å². The first-order valence-electron chi connectivity index (χ1n) is 19.9. The van der Waals surface area contributed by atoms with E-state index in [1.807, 2.05) is 6.07 Å². The molecule has 1 aromatic heterocycles. The number of hydrogen-bond acceptors (Lipinski definition) is 1. The molecule has 9 aromatic carbocycles. The first-order chi connectivity index (χ1) is 27.9. The van der Waals surface area contributed by atoms with E-state index in [-0.39, 0.29) is 5.41 Å². The zero-order valence-corrected chi connectivity index (χ0v) is 32.4. The minimum absolute atomic E-state index is 0.235. The van der Waals surface area contributed by atoms with Crippen molar-refractivity contribution in [2.75, 3.05) is 0 Å². The Bertz CT molecular complexity index is 3270. The molecule has 0 atom stereocenters. The van der Waals surface area contributed by atoms with E-state index >= 15 is 0 Å². The summed E-state index contributed by atoms with van der Waals surface area (Å²) in [6.07, 6.45) is 2.07. The summed E-state index contributed by atoms with van der Waals surface area (Å²) in [4.78, 5) is 0. The van der Waals surface area contributed by atoms with Crippen LogP contribution in [0.3, 0.4) is 0 Å². The molecule has 0 unspecified atom stereocenters. The number of hydrogen-bond donors (Lipinski definition) is 0. The van der Waals surface area contributed by atoms with E-state index in [2.05, 4.69) is 197 Å². The molecule has 57 heavy (non-hydrogen) atoms. The van der Waals surface area contributed by atoms with Crippen LogP contribution in [0.1, 0.15) is 36.1 Å². The predicted octanol–water partition coefficient (Wildman–Crippen LogP) is 15.6. The number of benzene rings is 9. The number of para-hydroxylation sites is 1. The Morgan fingerprint density at radius 3 is 1.72 bits per heavy atom. The third-order valence-electron chi connectivity index (χ3n) is 12.6. The molecule has 1 heteroatoms. The second-order valence-corrected chi connectivity index (χ2v) is 16.1. The van der Waals surface area contributed by atoms with Crippen LogP contribution in [0.4, 0.5) is 0 Å². The second-order valence-electron chi connectivity index (χ2n) is 16.1. The van der Waals surface area contributed by atoms with Crippen molar-refractivity contribution in [3.63, 3.8) is 0 Å². The molecule has 0 aliphatic heterocycles. The molecular weight excluding hydrogens is 689 g/mol. The maximum atomic E-state index is 6.37. The lowest BCUT2D eigenvalue weighted by atomic mass is 9.80. The Hall–Kier alpha value is -6.96. The maximum absolute atomic E-state index is 6.37. The molecule has 1 nitrogen and oxygen atoms in total. The van der Waals surface area contributed by atoms with Gasteiger partial charge in [0.1, 0.15) is 11.2 Å². The van der Waals surface area contributed by atoms with Crippen LogP contribution in [-0.2, 0) is 5.41 Å². The molecule has 1 aliphatic rings. The molecule has 10 aromatic rings. The van der Waals surface area contributed by atoms with Crippen molar-refractivity contribution in [1.82, 2.24) is 0 Å². The fraction of sp³-hybridized carbons (Fsp3) is 0.0714. The van der Waals surface area contributed by atoms with E-state index in [0.29, 0.717) is 0 Å².